The van der Waals surface area contributed by atoms with E-state index in [1.807, 2.05) is 6.92 Å². The van der Waals surface area contributed by atoms with Crippen LogP contribution in [0.3, 0.4) is 0 Å². The predicted molar refractivity (Wildman–Crippen MR) is 38.7 cm³/mol. The summed E-state index contributed by atoms with van der Waals surface area (Å²) >= 11 is 0. The minimum absolute atomic E-state index is 0. The molecule has 0 radical (unpaired) electrons. The summed E-state index contributed by atoms with van der Waals surface area (Å²) in [4.78, 5) is 0. The smallest absolute Gasteiger partial charge is 0.263 e. The molecule has 0 aliphatic carbocycles. The zero-order valence-corrected chi connectivity index (χ0v) is 7.58. The van der Waals surface area contributed by atoms with Crippen LogP contribution >= 0.6 is 0 Å². The van der Waals surface area contributed by atoms with Crippen LogP contribution in [0.4, 0.5) is 0 Å². The van der Waals surface area contributed by atoms with Gasteiger partial charge < -0.3 is 0 Å². The summed E-state index contributed by atoms with van der Waals surface area (Å²) < 4.78 is 20.8. The molecular formula is C6H13LiO2S. The van der Waals surface area contributed by atoms with Crippen LogP contribution in [-0.4, -0.2) is 14.2 Å². The zero-order valence-electron chi connectivity index (χ0n) is 6.76. The summed E-state index contributed by atoms with van der Waals surface area (Å²) in [7, 11) is -2.95. The van der Waals surface area contributed by atoms with Gasteiger partial charge in [0.1, 0.15) is 0 Å². The summed E-state index contributed by atoms with van der Waals surface area (Å²) in [6, 6.07) is 0. The van der Waals surface area contributed by atoms with E-state index in [0.29, 0.717) is 0 Å². The molecule has 0 aromatic carbocycles. The third-order valence-corrected chi connectivity index (χ3v) is 1.97. The average molecular weight is 156 g/mol. The van der Waals surface area contributed by atoms with Gasteiger partial charge in [-0.1, -0.05) is 19.8 Å². The number of rotatable bonds is 4. The molecule has 2 nitrogen and oxygen atoms in total. The molecule has 0 spiro atoms. The molecule has 4 heteroatoms. The van der Waals surface area contributed by atoms with Crippen molar-refractivity contribution >= 4 is 9.84 Å². The largest absolute Gasteiger partial charge is 1.00 e. The molecule has 0 saturated heterocycles. The molecule has 0 bridgehead atoms. The molecule has 10 heavy (non-hydrogen) atoms. The van der Waals surface area contributed by atoms with E-state index in [9.17, 15) is 8.42 Å². The van der Waals surface area contributed by atoms with Gasteiger partial charge in [0.15, 0.2) is 0 Å². The van der Waals surface area contributed by atoms with E-state index in [2.05, 4.69) is 6.26 Å². The summed E-state index contributed by atoms with van der Waals surface area (Å²) in [5, 5.41) is 0. The van der Waals surface area contributed by atoms with Crippen molar-refractivity contribution in [3.63, 3.8) is 0 Å². The number of hydrogen-bond acceptors (Lipinski definition) is 2. The van der Waals surface area contributed by atoms with Crippen LogP contribution in [0.2, 0.25) is 0 Å². The molecule has 56 valence electrons. The predicted octanol–water partition coefficient (Wildman–Crippen LogP) is -1.61. The van der Waals surface area contributed by atoms with Crippen LogP contribution in [-0.2, 0) is 9.84 Å². The Labute approximate surface area is 75.5 Å². The Morgan fingerprint density at radius 2 is 1.80 bits per heavy atom. The first-order chi connectivity index (χ1) is 4.06. The second-order valence-corrected chi connectivity index (χ2v) is 4.05. The normalized spacial score (nSPS) is 10.6. The first-order valence-electron chi connectivity index (χ1n) is 3.12. The maximum absolute atomic E-state index is 10.4. The summed E-state index contributed by atoms with van der Waals surface area (Å²) in [6.45, 7) is 2.04. The first-order valence-corrected chi connectivity index (χ1v) is 4.94. The SMILES string of the molecule is [CH2-]S(=O)(=O)CCCCC.[Li+]. The maximum Gasteiger partial charge on any atom is 1.00 e. The Bertz CT molecular complexity index is 151. The minimum Gasteiger partial charge on any atom is -0.263 e. The van der Waals surface area contributed by atoms with E-state index in [1.54, 1.807) is 0 Å². The molecule has 0 aliphatic heterocycles. The molecule has 0 amide bonds. The fourth-order valence-corrected chi connectivity index (χ4v) is 1.22. The molecule has 0 aromatic rings. The molecule has 0 unspecified atom stereocenters. The van der Waals surface area contributed by atoms with Crippen molar-refractivity contribution in [1.29, 1.82) is 0 Å². The monoisotopic (exact) mass is 156 g/mol. The maximum atomic E-state index is 10.4. The van der Waals surface area contributed by atoms with Crippen LogP contribution < -0.4 is 18.9 Å². The van der Waals surface area contributed by atoms with Gasteiger partial charge in [-0.05, 0) is 6.42 Å². The van der Waals surface area contributed by atoms with Crippen LogP contribution in [0.15, 0.2) is 0 Å². The van der Waals surface area contributed by atoms with Gasteiger partial charge in [-0.15, -0.1) is 0 Å². The third kappa shape index (κ3) is 11.4. The molecule has 0 saturated carbocycles. The standard InChI is InChI=1S/C6H13O2S.Li/c1-3-4-5-6-9(2,7)8;/h2-6H2,1H3;/q-1;+1. The van der Waals surface area contributed by atoms with Crippen molar-refractivity contribution in [3.8, 4) is 0 Å². The van der Waals surface area contributed by atoms with Crippen molar-refractivity contribution in [2.24, 2.45) is 0 Å². The van der Waals surface area contributed by atoms with Gasteiger partial charge in [0.25, 0.3) is 0 Å². The summed E-state index contributed by atoms with van der Waals surface area (Å²) in [6.07, 6.45) is 5.80. The molecule has 0 N–H and O–H groups in total. The molecule has 0 aliphatic rings. The van der Waals surface area contributed by atoms with Gasteiger partial charge in [0.05, 0.1) is 0 Å². The van der Waals surface area contributed by atoms with E-state index < -0.39 is 9.84 Å². The van der Waals surface area contributed by atoms with Crippen LogP contribution in [0, 0.1) is 6.26 Å². The van der Waals surface area contributed by atoms with Crippen molar-refractivity contribution in [3.05, 3.63) is 6.26 Å². The molecule has 0 aromatic heterocycles. The first kappa shape index (κ1) is 13.2. The number of sulfone groups is 1. The van der Waals surface area contributed by atoms with E-state index in [1.165, 1.54) is 0 Å². The zero-order chi connectivity index (χ0) is 7.33. The van der Waals surface area contributed by atoms with Gasteiger partial charge in [-0.3, -0.25) is 8.42 Å². The average Bonchev–Trinajstić information content (AvgIpc) is 1.63. The summed E-state index contributed by atoms with van der Waals surface area (Å²) in [5.41, 5.74) is 0. The topological polar surface area (TPSA) is 34.1 Å². The van der Waals surface area contributed by atoms with E-state index in [4.69, 9.17) is 0 Å². The quantitative estimate of drug-likeness (QED) is 0.279. The number of hydrogen-bond donors (Lipinski definition) is 0. The molecule has 0 atom stereocenters. The van der Waals surface area contributed by atoms with E-state index >= 15 is 0 Å². The Hall–Kier alpha value is 0.547. The second kappa shape index (κ2) is 6.27. The Kier molecular flexibility index (Phi) is 8.25. The van der Waals surface area contributed by atoms with E-state index in [0.717, 1.165) is 19.3 Å². The number of unbranched alkanes of at least 4 members (excludes halogenated alkanes) is 2. The van der Waals surface area contributed by atoms with Crippen LogP contribution in [0.1, 0.15) is 26.2 Å². The van der Waals surface area contributed by atoms with Crippen LogP contribution in [0.25, 0.3) is 0 Å². The van der Waals surface area contributed by atoms with Gasteiger partial charge in [0.2, 0.25) is 0 Å². The Morgan fingerprint density at radius 3 is 2.10 bits per heavy atom. The minimum atomic E-state index is -2.95. The van der Waals surface area contributed by atoms with E-state index in [-0.39, 0.29) is 24.6 Å². The molecular weight excluding hydrogens is 143 g/mol. The fourth-order valence-electron chi connectivity index (χ4n) is 0.572. The Balaban J connectivity index is 0. The Morgan fingerprint density at radius 1 is 1.30 bits per heavy atom. The van der Waals surface area contributed by atoms with Crippen molar-refractivity contribution in [1.82, 2.24) is 0 Å². The third-order valence-electron chi connectivity index (χ3n) is 1.06. The molecule has 0 fully saturated rings. The van der Waals surface area contributed by atoms with Crippen molar-refractivity contribution < 1.29 is 27.3 Å². The van der Waals surface area contributed by atoms with Gasteiger partial charge in [-0.2, -0.15) is 0 Å². The summed E-state index contributed by atoms with van der Waals surface area (Å²) in [5.74, 6) is 0.237. The fraction of sp³-hybridized carbons (Fsp3) is 0.833. The van der Waals surface area contributed by atoms with Crippen molar-refractivity contribution in [2.75, 3.05) is 5.75 Å². The van der Waals surface area contributed by atoms with Crippen molar-refractivity contribution in [2.45, 2.75) is 26.2 Å². The molecule has 0 rings (SSSR count). The van der Waals surface area contributed by atoms with Gasteiger partial charge >= 0.3 is 18.9 Å². The van der Waals surface area contributed by atoms with Gasteiger partial charge in [-0.25, -0.2) is 6.26 Å². The molecule has 0 heterocycles. The second-order valence-electron chi connectivity index (χ2n) is 2.15. The van der Waals surface area contributed by atoms with Gasteiger partial charge in [0, 0.05) is 15.6 Å². The van der Waals surface area contributed by atoms with Crippen LogP contribution in [0.5, 0.6) is 0 Å².